The molecular formula is C8H10F2N2O3S. The van der Waals surface area contributed by atoms with Crippen molar-refractivity contribution >= 4 is 10.0 Å². The molecule has 0 atom stereocenters. The summed E-state index contributed by atoms with van der Waals surface area (Å²) >= 11 is 0. The standard InChI is InChI=1S/C8H10F2N2O3S/c1-4-3-5(15-2)12-8(16(11,13)14)6(4)7(9)10/h3,7H,1-2H3,(H2,11,13,14). The summed E-state index contributed by atoms with van der Waals surface area (Å²) in [6, 6.07) is 1.22. The molecule has 1 rings (SSSR count). The lowest BCUT2D eigenvalue weighted by Gasteiger charge is -2.11. The van der Waals surface area contributed by atoms with Gasteiger partial charge in [-0.05, 0) is 12.5 Å². The fraction of sp³-hybridized carbons (Fsp3) is 0.375. The Bertz CT molecular complexity index is 502. The largest absolute Gasteiger partial charge is 0.481 e. The number of primary sulfonamides is 1. The van der Waals surface area contributed by atoms with Crippen LogP contribution in [0.25, 0.3) is 0 Å². The first-order valence-corrected chi connectivity index (χ1v) is 5.68. The smallest absolute Gasteiger partial charge is 0.266 e. The van der Waals surface area contributed by atoms with Gasteiger partial charge in [0.25, 0.3) is 16.4 Å². The van der Waals surface area contributed by atoms with Crippen molar-refractivity contribution < 1.29 is 21.9 Å². The second-order valence-electron chi connectivity index (χ2n) is 3.05. The van der Waals surface area contributed by atoms with Crippen LogP contribution in [0.3, 0.4) is 0 Å². The minimum Gasteiger partial charge on any atom is -0.481 e. The van der Waals surface area contributed by atoms with Gasteiger partial charge in [0.05, 0.1) is 12.7 Å². The maximum absolute atomic E-state index is 12.7. The molecule has 0 unspecified atom stereocenters. The van der Waals surface area contributed by atoms with E-state index in [0.29, 0.717) is 0 Å². The number of hydrogen-bond donors (Lipinski definition) is 1. The third-order valence-corrected chi connectivity index (χ3v) is 2.75. The van der Waals surface area contributed by atoms with Gasteiger partial charge in [-0.25, -0.2) is 22.3 Å². The summed E-state index contributed by atoms with van der Waals surface area (Å²) in [5.74, 6) is -0.0778. The molecule has 90 valence electrons. The van der Waals surface area contributed by atoms with Crippen molar-refractivity contribution in [2.75, 3.05) is 7.11 Å². The number of ether oxygens (including phenoxy) is 1. The molecule has 2 N–H and O–H groups in total. The Hall–Kier alpha value is -1.28. The lowest BCUT2D eigenvalue weighted by Crippen LogP contribution is -2.18. The van der Waals surface area contributed by atoms with Crippen molar-refractivity contribution in [3.05, 3.63) is 17.2 Å². The summed E-state index contributed by atoms with van der Waals surface area (Å²) in [6.45, 7) is 1.33. The number of nitrogens with zero attached hydrogens (tertiary/aromatic N) is 1. The number of sulfonamides is 1. The number of pyridine rings is 1. The number of aromatic nitrogens is 1. The molecule has 0 aliphatic rings. The minimum absolute atomic E-state index is 0.0610. The number of methoxy groups -OCH3 is 1. The van der Waals surface area contributed by atoms with E-state index >= 15 is 0 Å². The molecule has 0 saturated carbocycles. The van der Waals surface area contributed by atoms with Crippen LogP contribution in [0.1, 0.15) is 17.6 Å². The average molecular weight is 252 g/mol. The monoisotopic (exact) mass is 252 g/mol. The zero-order valence-electron chi connectivity index (χ0n) is 8.57. The van der Waals surface area contributed by atoms with Crippen LogP contribution in [0.2, 0.25) is 0 Å². The van der Waals surface area contributed by atoms with E-state index in [2.05, 4.69) is 9.72 Å². The highest BCUT2D eigenvalue weighted by Crippen LogP contribution is 2.29. The predicted octanol–water partition coefficient (Wildman–Crippen LogP) is 0.984. The summed E-state index contributed by atoms with van der Waals surface area (Å²) in [4.78, 5) is 3.43. The highest BCUT2D eigenvalue weighted by Gasteiger charge is 2.25. The molecule has 0 radical (unpaired) electrons. The quantitative estimate of drug-likeness (QED) is 0.869. The Balaban J connectivity index is 3.60. The Morgan fingerprint density at radius 3 is 2.44 bits per heavy atom. The highest BCUT2D eigenvalue weighted by atomic mass is 32.2. The molecule has 1 aromatic rings. The highest BCUT2D eigenvalue weighted by molar-refractivity contribution is 7.89. The van der Waals surface area contributed by atoms with E-state index in [1.165, 1.54) is 20.1 Å². The lowest BCUT2D eigenvalue weighted by molar-refractivity contribution is 0.146. The van der Waals surface area contributed by atoms with Crippen LogP contribution in [0, 0.1) is 6.92 Å². The number of nitrogens with two attached hydrogens (primary N) is 1. The fourth-order valence-electron chi connectivity index (χ4n) is 1.21. The number of rotatable bonds is 3. The Kier molecular flexibility index (Phi) is 3.44. The first-order chi connectivity index (χ1) is 7.27. The molecule has 8 heteroatoms. The minimum atomic E-state index is -4.30. The predicted molar refractivity (Wildman–Crippen MR) is 51.9 cm³/mol. The maximum atomic E-state index is 12.7. The SMILES string of the molecule is COc1cc(C)c(C(F)F)c(S(N)(=O)=O)n1. The number of aryl methyl sites for hydroxylation is 1. The Morgan fingerprint density at radius 2 is 2.06 bits per heavy atom. The van der Waals surface area contributed by atoms with Gasteiger partial charge in [-0.1, -0.05) is 0 Å². The van der Waals surface area contributed by atoms with Gasteiger partial charge in [-0.3, -0.25) is 0 Å². The van der Waals surface area contributed by atoms with Crippen molar-refractivity contribution in [1.82, 2.24) is 4.98 Å². The van der Waals surface area contributed by atoms with Gasteiger partial charge in [0.15, 0.2) is 5.03 Å². The topological polar surface area (TPSA) is 82.3 Å². The molecule has 0 fully saturated rings. The number of alkyl halides is 2. The molecular weight excluding hydrogens is 242 g/mol. The molecule has 0 amide bonds. The van der Waals surface area contributed by atoms with Crippen LogP contribution >= 0.6 is 0 Å². The van der Waals surface area contributed by atoms with Crippen molar-refractivity contribution in [3.63, 3.8) is 0 Å². The Morgan fingerprint density at radius 1 is 1.50 bits per heavy atom. The van der Waals surface area contributed by atoms with E-state index in [9.17, 15) is 17.2 Å². The van der Waals surface area contributed by atoms with Crippen molar-refractivity contribution in [1.29, 1.82) is 0 Å². The zero-order chi connectivity index (χ0) is 12.5. The molecule has 0 aliphatic heterocycles. The van der Waals surface area contributed by atoms with E-state index in [4.69, 9.17) is 5.14 Å². The van der Waals surface area contributed by atoms with E-state index in [1.54, 1.807) is 0 Å². The number of halogens is 2. The van der Waals surface area contributed by atoms with E-state index < -0.39 is 27.0 Å². The van der Waals surface area contributed by atoms with Gasteiger partial charge in [0.2, 0.25) is 5.88 Å². The molecule has 1 aromatic heterocycles. The van der Waals surface area contributed by atoms with Gasteiger partial charge in [-0.15, -0.1) is 0 Å². The van der Waals surface area contributed by atoms with Crippen LogP contribution in [0.4, 0.5) is 8.78 Å². The van der Waals surface area contributed by atoms with E-state index in [-0.39, 0.29) is 11.4 Å². The second kappa shape index (κ2) is 4.30. The van der Waals surface area contributed by atoms with Crippen molar-refractivity contribution in [2.24, 2.45) is 5.14 Å². The normalized spacial score (nSPS) is 11.9. The Labute approximate surface area is 91.3 Å². The van der Waals surface area contributed by atoms with Gasteiger partial charge in [0, 0.05) is 6.07 Å². The fourth-order valence-corrected chi connectivity index (χ4v) is 1.98. The van der Waals surface area contributed by atoms with E-state index in [0.717, 1.165) is 0 Å². The van der Waals surface area contributed by atoms with Crippen LogP contribution in [-0.4, -0.2) is 20.5 Å². The molecule has 0 spiro atoms. The van der Waals surface area contributed by atoms with E-state index in [1.807, 2.05) is 0 Å². The third-order valence-electron chi connectivity index (χ3n) is 1.90. The first kappa shape index (κ1) is 12.8. The van der Waals surface area contributed by atoms with Crippen LogP contribution in [0.5, 0.6) is 5.88 Å². The molecule has 0 saturated heterocycles. The zero-order valence-corrected chi connectivity index (χ0v) is 9.38. The molecule has 0 aliphatic carbocycles. The van der Waals surface area contributed by atoms with Crippen LogP contribution < -0.4 is 9.88 Å². The van der Waals surface area contributed by atoms with Crippen LogP contribution in [-0.2, 0) is 10.0 Å². The van der Waals surface area contributed by atoms with Crippen LogP contribution in [0.15, 0.2) is 11.1 Å². The summed E-state index contributed by atoms with van der Waals surface area (Å²) < 4.78 is 52.2. The first-order valence-electron chi connectivity index (χ1n) is 4.14. The molecule has 0 aromatic carbocycles. The van der Waals surface area contributed by atoms with Crippen molar-refractivity contribution in [2.45, 2.75) is 18.4 Å². The van der Waals surface area contributed by atoms with Crippen molar-refractivity contribution in [3.8, 4) is 5.88 Å². The maximum Gasteiger partial charge on any atom is 0.266 e. The average Bonchev–Trinajstić information content (AvgIpc) is 2.14. The molecule has 16 heavy (non-hydrogen) atoms. The summed E-state index contributed by atoms with van der Waals surface area (Å²) in [5, 5.41) is 3.96. The van der Waals surface area contributed by atoms with Gasteiger partial charge >= 0.3 is 0 Å². The molecule has 5 nitrogen and oxygen atoms in total. The van der Waals surface area contributed by atoms with Gasteiger partial charge < -0.3 is 4.74 Å². The molecule has 1 heterocycles. The van der Waals surface area contributed by atoms with Gasteiger partial charge in [-0.2, -0.15) is 4.98 Å². The molecule has 0 bridgehead atoms. The second-order valence-corrected chi connectivity index (χ2v) is 4.52. The number of hydrogen-bond acceptors (Lipinski definition) is 4. The lowest BCUT2D eigenvalue weighted by atomic mass is 10.2. The summed E-state index contributed by atoms with van der Waals surface area (Å²) in [5.41, 5.74) is -0.630. The summed E-state index contributed by atoms with van der Waals surface area (Å²) in [7, 11) is -3.06. The summed E-state index contributed by atoms with van der Waals surface area (Å²) in [6.07, 6.45) is -2.97. The van der Waals surface area contributed by atoms with Gasteiger partial charge in [0.1, 0.15) is 0 Å². The third kappa shape index (κ3) is 2.45.